The molecular formula is C16H23NO2. The summed E-state index contributed by atoms with van der Waals surface area (Å²) in [5.41, 5.74) is 1.48. The van der Waals surface area contributed by atoms with Crippen LogP contribution in [-0.2, 0) is 6.54 Å². The van der Waals surface area contributed by atoms with Gasteiger partial charge in [0, 0.05) is 18.6 Å². The second kappa shape index (κ2) is 5.74. The number of carbonyl (C=O) groups is 1. The van der Waals surface area contributed by atoms with E-state index < -0.39 is 5.97 Å². The monoisotopic (exact) mass is 261 g/mol. The van der Waals surface area contributed by atoms with Crippen molar-refractivity contribution in [3.8, 4) is 0 Å². The summed E-state index contributed by atoms with van der Waals surface area (Å²) in [6.45, 7) is 7.61. The van der Waals surface area contributed by atoms with Gasteiger partial charge in [0.2, 0.25) is 0 Å². The van der Waals surface area contributed by atoms with Gasteiger partial charge in [0.05, 0.1) is 5.56 Å². The Labute approximate surface area is 115 Å². The molecule has 0 amide bonds. The summed E-state index contributed by atoms with van der Waals surface area (Å²) in [5.74, 6) is -0.236. The molecule has 1 saturated carbocycles. The van der Waals surface area contributed by atoms with E-state index >= 15 is 0 Å². The molecule has 0 aliphatic heterocycles. The number of hydrogen-bond acceptors (Lipinski definition) is 2. The van der Waals surface area contributed by atoms with Crippen LogP contribution in [0, 0.1) is 5.92 Å². The fourth-order valence-corrected chi connectivity index (χ4v) is 2.41. The van der Waals surface area contributed by atoms with Crippen LogP contribution in [0.3, 0.4) is 0 Å². The molecule has 19 heavy (non-hydrogen) atoms. The van der Waals surface area contributed by atoms with Gasteiger partial charge in [0.15, 0.2) is 0 Å². The fraction of sp³-hybridized carbons (Fsp3) is 0.562. The Hall–Kier alpha value is -1.35. The first-order valence-corrected chi connectivity index (χ1v) is 7.07. The SMILES string of the molecule is CC(C)C(C)N(Cc1cccc(C(=O)O)c1)C1CC1. The molecule has 1 aliphatic rings. The third-order valence-corrected chi connectivity index (χ3v) is 4.04. The maximum absolute atomic E-state index is 11.0. The van der Waals surface area contributed by atoms with Crippen LogP contribution < -0.4 is 0 Å². The van der Waals surface area contributed by atoms with Crippen molar-refractivity contribution in [2.75, 3.05) is 0 Å². The van der Waals surface area contributed by atoms with Gasteiger partial charge in [0.25, 0.3) is 0 Å². The number of hydrogen-bond donors (Lipinski definition) is 1. The van der Waals surface area contributed by atoms with Crippen molar-refractivity contribution in [2.24, 2.45) is 5.92 Å². The van der Waals surface area contributed by atoms with Crippen LogP contribution in [0.25, 0.3) is 0 Å². The van der Waals surface area contributed by atoms with Gasteiger partial charge >= 0.3 is 5.97 Å². The van der Waals surface area contributed by atoms with Gasteiger partial charge in [0.1, 0.15) is 0 Å². The highest BCUT2D eigenvalue weighted by Gasteiger charge is 2.33. The Morgan fingerprint density at radius 2 is 2.05 bits per heavy atom. The van der Waals surface area contributed by atoms with Crippen molar-refractivity contribution in [2.45, 2.75) is 52.2 Å². The summed E-state index contributed by atoms with van der Waals surface area (Å²) in [6.07, 6.45) is 2.55. The Bertz CT molecular complexity index is 452. The summed E-state index contributed by atoms with van der Waals surface area (Å²) in [7, 11) is 0. The molecule has 1 atom stereocenters. The minimum Gasteiger partial charge on any atom is -0.478 e. The minimum absolute atomic E-state index is 0.380. The molecule has 1 aromatic carbocycles. The number of aromatic carboxylic acids is 1. The molecule has 0 radical (unpaired) electrons. The van der Waals surface area contributed by atoms with Crippen LogP contribution in [0.1, 0.15) is 49.5 Å². The zero-order valence-electron chi connectivity index (χ0n) is 12.0. The Kier molecular flexibility index (Phi) is 4.25. The lowest BCUT2D eigenvalue weighted by Crippen LogP contribution is -2.37. The molecule has 0 heterocycles. The van der Waals surface area contributed by atoms with E-state index in [4.69, 9.17) is 5.11 Å². The second-order valence-corrected chi connectivity index (χ2v) is 5.89. The summed E-state index contributed by atoms with van der Waals surface area (Å²) < 4.78 is 0. The lowest BCUT2D eigenvalue weighted by atomic mass is 10.0. The summed E-state index contributed by atoms with van der Waals surface area (Å²) in [6, 6.07) is 8.52. The third-order valence-electron chi connectivity index (χ3n) is 4.04. The van der Waals surface area contributed by atoms with Crippen LogP contribution in [0.5, 0.6) is 0 Å². The van der Waals surface area contributed by atoms with Crippen molar-refractivity contribution >= 4 is 5.97 Å². The van der Waals surface area contributed by atoms with Crippen LogP contribution in [0.4, 0.5) is 0 Å². The highest BCUT2D eigenvalue weighted by atomic mass is 16.4. The first-order chi connectivity index (χ1) is 8.99. The predicted molar refractivity (Wildman–Crippen MR) is 76.3 cm³/mol. The van der Waals surface area contributed by atoms with E-state index in [9.17, 15) is 4.79 Å². The van der Waals surface area contributed by atoms with E-state index in [1.54, 1.807) is 12.1 Å². The molecule has 3 nitrogen and oxygen atoms in total. The Morgan fingerprint density at radius 1 is 1.37 bits per heavy atom. The molecule has 1 aliphatic carbocycles. The van der Waals surface area contributed by atoms with E-state index in [2.05, 4.69) is 25.7 Å². The van der Waals surface area contributed by atoms with Gasteiger partial charge in [-0.2, -0.15) is 0 Å². The summed E-state index contributed by atoms with van der Waals surface area (Å²) in [5, 5.41) is 9.05. The highest BCUT2D eigenvalue weighted by Crippen LogP contribution is 2.32. The number of rotatable bonds is 6. The lowest BCUT2D eigenvalue weighted by Gasteiger charge is -2.32. The second-order valence-electron chi connectivity index (χ2n) is 5.89. The molecule has 1 fully saturated rings. The van der Waals surface area contributed by atoms with E-state index in [0.29, 0.717) is 23.6 Å². The first kappa shape index (κ1) is 14.1. The molecular weight excluding hydrogens is 238 g/mol. The van der Waals surface area contributed by atoms with Crippen LogP contribution in [0.2, 0.25) is 0 Å². The first-order valence-electron chi connectivity index (χ1n) is 7.07. The molecule has 1 N–H and O–H groups in total. The molecule has 2 rings (SSSR count). The molecule has 1 aromatic rings. The molecule has 1 unspecified atom stereocenters. The standard InChI is InChI=1S/C16H23NO2/c1-11(2)12(3)17(15-7-8-15)10-13-5-4-6-14(9-13)16(18)19/h4-6,9,11-12,15H,7-8,10H2,1-3H3,(H,18,19). The Balaban J connectivity index is 2.13. The summed E-state index contributed by atoms with van der Waals surface area (Å²) >= 11 is 0. The van der Waals surface area contributed by atoms with Gasteiger partial charge < -0.3 is 5.11 Å². The van der Waals surface area contributed by atoms with Gasteiger partial charge in [-0.05, 0) is 43.4 Å². The van der Waals surface area contributed by atoms with Crippen LogP contribution in [0.15, 0.2) is 24.3 Å². The smallest absolute Gasteiger partial charge is 0.335 e. The van der Waals surface area contributed by atoms with Crippen molar-refractivity contribution in [1.29, 1.82) is 0 Å². The van der Waals surface area contributed by atoms with Gasteiger partial charge in [-0.1, -0.05) is 26.0 Å². The molecule has 0 spiro atoms. The van der Waals surface area contributed by atoms with E-state index in [1.807, 2.05) is 12.1 Å². The van der Waals surface area contributed by atoms with Crippen molar-refractivity contribution < 1.29 is 9.90 Å². The van der Waals surface area contributed by atoms with E-state index in [1.165, 1.54) is 12.8 Å². The van der Waals surface area contributed by atoms with Gasteiger partial charge in [-0.3, -0.25) is 4.90 Å². The maximum atomic E-state index is 11.0. The number of carboxylic acids is 1. The zero-order chi connectivity index (χ0) is 14.0. The minimum atomic E-state index is -0.850. The van der Waals surface area contributed by atoms with Crippen molar-refractivity contribution in [3.63, 3.8) is 0 Å². The molecule has 0 bridgehead atoms. The van der Waals surface area contributed by atoms with Gasteiger partial charge in [-0.15, -0.1) is 0 Å². The van der Waals surface area contributed by atoms with Crippen molar-refractivity contribution in [1.82, 2.24) is 4.90 Å². The van der Waals surface area contributed by atoms with E-state index in [-0.39, 0.29) is 0 Å². The largest absolute Gasteiger partial charge is 0.478 e. The number of benzene rings is 1. The topological polar surface area (TPSA) is 40.5 Å². The number of carboxylic acid groups (broad SMARTS) is 1. The third kappa shape index (κ3) is 3.57. The molecule has 104 valence electrons. The van der Waals surface area contributed by atoms with Crippen LogP contribution in [-0.4, -0.2) is 28.1 Å². The lowest BCUT2D eigenvalue weighted by molar-refractivity contribution is 0.0696. The molecule has 0 aromatic heterocycles. The normalized spacial score (nSPS) is 16.9. The summed E-state index contributed by atoms with van der Waals surface area (Å²) in [4.78, 5) is 13.5. The molecule has 0 saturated heterocycles. The molecule has 3 heteroatoms. The van der Waals surface area contributed by atoms with Crippen LogP contribution >= 0.6 is 0 Å². The Morgan fingerprint density at radius 3 is 2.58 bits per heavy atom. The predicted octanol–water partition coefficient (Wildman–Crippen LogP) is 3.39. The maximum Gasteiger partial charge on any atom is 0.335 e. The number of nitrogens with zero attached hydrogens (tertiary/aromatic N) is 1. The van der Waals surface area contributed by atoms with Crippen molar-refractivity contribution in [3.05, 3.63) is 35.4 Å². The quantitative estimate of drug-likeness (QED) is 0.853. The van der Waals surface area contributed by atoms with E-state index in [0.717, 1.165) is 12.1 Å². The van der Waals surface area contributed by atoms with Gasteiger partial charge in [-0.25, -0.2) is 4.79 Å². The average molecular weight is 261 g/mol. The highest BCUT2D eigenvalue weighted by molar-refractivity contribution is 5.87. The average Bonchev–Trinajstić information content (AvgIpc) is 3.19. The zero-order valence-corrected chi connectivity index (χ0v) is 12.0. The fourth-order valence-electron chi connectivity index (χ4n) is 2.41.